The van der Waals surface area contributed by atoms with E-state index in [0.717, 1.165) is 12.8 Å². The maximum atomic E-state index is 12.5. The van der Waals surface area contributed by atoms with Gasteiger partial charge in [-0.15, -0.1) is 0 Å². The first-order valence-corrected chi connectivity index (χ1v) is 9.70. The Kier molecular flexibility index (Phi) is 10.3. The van der Waals surface area contributed by atoms with Crippen molar-refractivity contribution in [3.63, 3.8) is 0 Å². The Labute approximate surface area is 158 Å². The highest BCUT2D eigenvalue weighted by Gasteiger charge is 2.34. The molecule has 0 saturated carbocycles. The smallest absolute Gasteiger partial charge is 0.228 e. The highest BCUT2D eigenvalue weighted by molar-refractivity contribution is 6.23. The minimum atomic E-state index is -0.239. The zero-order chi connectivity index (χ0) is 19.5. The van der Waals surface area contributed by atoms with Crippen LogP contribution in [0.5, 0.6) is 0 Å². The Morgan fingerprint density at radius 2 is 1.19 bits per heavy atom. The van der Waals surface area contributed by atoms with Gasteiger partial charge in [-0.3, -0.25) is 9.59 Å². The molecule has 0 saturated heterocycles. The van der Waals surface area contributed by atoms with Crippen molar-refractivity contribution in [2.75, 3.05) is 34.9 Å². The van der Waals surface area contributed by atoms with Gasteiger partial charge in [0.2, 0.25) is 23.1 Å². The van der Waals surface area contributed by atoms with Gasteiger partial charge in [0.25, 0.3) is 0 Å². The first-order chi connectivity index (χ1) is 12.4. The molecule has 0 unspecified atom stereocenters. The van der Waals surface area contributed by atoms with Crippen LogP contribution in [0.25, 0.3) is 0 Å². The van der Waals surface area contributed by atoms with E-state index in [2.05, 4.69) is 19.0 Å². The van der Waals surface area contributed by atoms with Crippen LogP contribution < -0.4 is 0 Å². The minimum Gasteiger partial charge on any atom is -0.489 e. The molecule has 0 aromatic carbocycles. The van der Waals surface area contributed by atoms with Gasteiger partial charge >= 0.3 is 0 Å². The normalized spacial score (nSPS) is 15.3. The van der Waals surface area contributed by atoms with Crippen LogP contribution in [-0.4, -0.2) is 51.3 Å². The summed E-state index contributed by atoms with van der Waals surface area (Å²) in [4.78, 5) is 27.1. The van der Waals surface area contributed by atoms with E-state index in [1.165, 1.54) is 59.3 Å². The van der Waals surface area contributed by atoms with Gasteiger partial charge in [-0.2, -0.15) is 0 Å². The Morgan fingerprint density at radius 1 is 0.731 bits per heavy atom. The van der Waals surface area contributed by atoms with Crippen LogP contribution in [0, 0.1) is 0 Å². The topological polar surface area (TPSA) is 55.8 Å². The molecule has 0 aliphatic heterocycles. The summed E-state index contributed by atoms with van der Waals surface area (Å²) in [7, 11) is 7.02. The number of methoxy groups -OCH3 is 2. The molecule has 0 bridgehead atoms. The number of ether oxygens (including phenoxy) is 2. The fourth-order valence-corrected chi connectivity index (χ4v) is 3.28. The quantitative estimate of drug-likeness (QED) is 0.364. The molecule has 1 aliphatic carbocycles. The zero-order valence-corrected chi connectivity index (χ0v) is 17.2. The molecule has 0 atom stereocenters. The maximum Gasteiger partial charge on any atom is 0.228 e. The van der Waals surface area contributed by atoms with E-state index in [4.69, 9.17) is 9.47 Å². The lowest BCUT2D eigenvalue weighted by atomic mass is 9.89. The van der Waals surface area contributed by atoms with Crippen molar-refractivity contribution in [2.24, 2.45) is 0 Å². The predicted molar refractivity (Wildman–Crippen MR) is 104 cm³/mol. The van der Waals surface area contributed by atoms with Crippen LogP contribution in [0.1, 0.15) is 64.7 Å². The number of rotatable bonds is 13. The van der Waals surface area contributed by atoms with Crippen molar-refractivity contribution in [3.8, 4) is 0 Å². The van der Waals surface area contributed by atoms with E-state index in [1.807, 2.05) is 0 Å². The van der Waals surface area contributed by atoms with Crippen LogP contribution in [0.2, 0.25) is 0 Å². The zero-order valence-electron chi connectivity index (χ0n) is 17.2. The molecule has 0 N–H and O–H groups in total. The molecular weight excluding hydrogens is 330 g/mol. The van der Waals surface area contributed by atoms with Gasteiger partial charge in [0.1, 0.15) is 0 Å². The van der Waals surface area contributed by atoms with Gasteiger partial charge < -0.3 is 14.4 Å². The standard InChI is InChI=1S/C21H35NO4/c1-16-17(19(24)21(26-5)20(25-4)18(16)23)14-12-10-8-6-7-9-11-13-15-22(2)3/h6-15H2,1-5H3. The van der Waals surface area contributed by atoms with Gasteiger partial charge in [0.15, 0.2) is 0 Å². The number of ketones is 2. The summed E-state index contributed by atoms with van der Waals surface area (Å²) in [6.45, 7) is 2.87. The SMILES string of the molecule is COC1=C(OC)C(=O)C(CCCCCCCCCCN(C)C)=C(C)C1=O. The van der Waals surface area contributed by atoms with E-state index in [-0.39, 0.29) is 23.1 Å². The first-order valence-electron chi connectivity index (χ1n) is 9.70. The Hall–Kier alpha value is -1.62. The number of Topliss-reactive ketones (excluding diaryl/α,β-unsaturated/α-hetero) is 2. The molecule has 0 aromatic rings. The largest absolute Gasteiger partial charge is 0.489 e. The third-order valence-corrected chi connectivity index (χ3v) is 4.88. The summed E-state index contributed by atoms with van der Waals surface area (Å²) < 4.78 is 10.2. The monoisotopic (exact) mass is 365 g/mol. The van der Waals surface area contributed by atoms with Gasteiger partial charge in [0.05, 0.1) is 14.2 Å². The molecule has 0 radical (unpaired) electrons. The summed E-state index contributed by atoms with van der Waals surface area (Å²) in [5.74, 6) is -0.386. The average Bonchev–Trinajstić information content (AvgIpc) is 2.61. The van der Waals surface area contributed by atoms with E-state index < -0.39 is 0 Å². The second-order valence-corrected chi connectivity index (χ2v) is 7.21. The number of carbonyl (C=O) groups is 2. The van der Waals surface area contributed by atoms with Crippen molar-refractivity contribution in [3.05, 3.63) is 22.7 Å². The van der Waals surface area contributed by atoms with Crippen molar-refractivity contribution in [1.29, 1.82) is 0 Å². The molecule has 5 heteroatoms. The minimum absolute atomic E-state index is 0.0213. The van der Waals surface area contributed by atoms with Gasteiger partial charge in [-0.25, -0.2) is 0 Å². The number of unbranched alkanes of at least 4 members (excludes halogenated alkanes) is 7. The number of nitrogens with zero attached hydrogens (tertiary/aromatic N) is 1. The van der Waals surface area contributed by atoms with Gasteiger partial charge in [-0.05, 0) is 46.8 Å². The van der Waals surface area contributed by atoms with E-state index in [1.54, 1.807) is 6.92 Å². The van der Waals surface area contributed by atoms with Gasteiger partial charge in [0, 0.05) is 11.1 Å². The Balaban J connectivity index is 2.30. The molecule has 1 aliphatic rings. The lowest BCUT2D eigenvalue weighted by molar-refractivity contribution is -0.121. The number of hydrogen-bond donors (Lipinski definition) is 0. The fourth-order valence-electron chi connectivity index (χ4n) is 3.28. The molecule has 26 heavy (non-hydrogen) atoms. The van der Waals surface area contributed by atoms with Crippen LogP contribution in [0.4, 0.5) is 0 Å². The molecular formula is C21H35NO4. The molecule has 0 aromatic heterocycles. The van der Waals surface area contributed by atoms with Crippen molar-refractivity contribution in [1.82, 2.24) is 4.90 Å². The fraction of sp³-hybridized carbons (Fsp3) is 0.714. The van der Waals surface area contributed by atoms with Crippen LogP contribution >= 0.6 is 0 Å². The molecule has 1 rings (SSSR count). The third kappa shape index (κ3) is 6.60. The summed E-state index contributed by atoms with van der Waals surface area (Å²) in [6.07, 6.45) is 10.2. The second kappa shape index (κ2) is 11.9. The Morgan fingerprint density at radius 3 is 1.69 bits per heavy atom. The van der Waals surface area contributed by atoms with E-state index in [0.29, 0.717) is 17.6 Å². The summed E-state index contributed by atoms with van der Waals surface area (Å²) >= 11 is 0. The molecule has 148 valence electrons. The van der Waals surface area contributed by atoms with E-state index >= 15 is 0 Å². The molecule has 0 fully saturated rings. The number of allylic oxidation sites excluding steroid dienone is 2. The van der Waals surface area contributed by atoms with Crippen LogP contribution in [0.15, 0.2) is 22.7 Å². The van der Waals surface area contributed by atoms with Gasteiger partial charge in [-0.1, -0.05) is 38.5 Å². The lowest BCUT2D eigenvalue weighted by Gasteiger charge is -2.20. The molecule has 0 amide bonds. The summed E-state index contributed by atoms with van der Waals surface area (Å²) in [5.41, 5.74) is 1.07. The van der Waals surface area contributed by atoms with Crippen molar-refractivity contribution >= 4 is 11.6 Å². The lowest BCUT2D eigenvalue weighted by Crippen LogP contribution is -2.25. The van der Waals surface area contributed by atoms with Crippen LogP contribution in [-0.2, 0) is 19.1 Å². The van der Waals surface area contributed by atoms with E-state index in [9.17, 15) is 9.59 Å². The maximum absolute atomic E-state index is 12.5. The highest BCUT2D eigenvalue weighted by Crippen LogP contribution is 2.28. The summed E-state index contributed by atoms with van der Waals surface area (Å²) in [6, 6.07) is 0. The third-order valence-electron chi connectivity index (χ3n) is 4.88. The molecule has 0 spiro atoms. The van der Waals surface area contributed by atoms with Crippen molar-refractivity contribution < 1.29 is 19.1 Å². The number of carbonyl (C=O) groups excluding carboxylic acids is 2. The first kappa shape index (κ1) is 22.4. The highest BCUT2D eigenvalue weighted by atomic mass is 16.5. The molecule has 0 heterocycles. The Bertz CT molecular complexity index is 546. The molecule has 5 nitrogen and oxygen atoms in total. The second-order valence-electron chi connectivity index (χ2n) is 7.21. The van der Waals surface area contributed by atoms with Crippen molar-refractivity contribution in [2.45, 2.75) is 64.7 Å². The van der Waals surface area contributed by atoms with Crippen LogP contribution in [0.3, 0.4) is 0 Å². The number of hydrogen-bond acceptors (Lipinski definition) is 5. The average molecular weight is 366 g/mol. The summed E-state index contributed by atoms with van der Waals surface area (Å²) in [5, 5.41) is 0. The predicted octanol–water partition coefficient (Wildman–Crippen LogP) is 4.03.